The molecule has 1 atom stereocenters. The smallest absolute Gasteiger partial charge is 0.0758 e. The van der Waals surface area contributed by atoms with E-state index in [9.17, 15) is 5.11 Å². The first-order valence-electron chi connectivity index (χ1n) is 7.93. The molecule has 21 heavy (non-hydrogen) atoms. The molecule has 1 aromatic rings. The fourth-order valence-electron chi connectivity index (χ4n) is 3.28. The molecule has 2 heterocycles. The number of rotatable bonds is 4. The van der Waals surface area contributed by atoms with Gasteiger partial charge < -0.3 is 9.84 Å². The number of aliphatic hydroxyl groups is 1. The van der Waals surface area contributed by atoms with Crippen molar-refractivity contribution < 1.29 is 9.84 Å². The summed E-state index contributed by atoms with van der Waals surface area (Å²) >= 11 is 0. The summed E-state index contributed by atoms with van der Waals surface area (Å²) in [5.41, 5.74) is 2.21. The molecule has 2 saturated heterocycles. The highest BCUT2D eigenvalue weighted by molar-refractivity contribution is 5.23. The zero-order valence-electron chi connectivity index (χ0n) is 12.9. The van der Waals surface area contributed by atoms with E-state index in [0.29, 0.717) is 0 Å². The second-order valence-corrected chi connectivity index (χ2v) is 6.67. The van der Waals surface area contributed by atoms with Crippen molar-refractivity contribution in [2.24, 2.45) is 0 Å². The van der Waals surface area contributed by atoms with E-state index in [1.807, 2.05) is 6.92 Å². The highest BCUT2D eigenvalue weighted by Gasteiger charge is 2.30. The Balaban J connectivity index is 1.58. The molecule has 0 bridgehead atoms. The van der Waals surface area contributed by atoms with Crippen LogP contribution in [0.3, 0.4) is 0 Å². The minimum Gasteiger partial charge on any atom is -0.389 e. The van der Waals surface area contributed by atoms with Gasteiger partial charge in [-0.15, -0.1) is 0 Å². The van der Waals surface area contributed by atoms with Crippen molar-refractivity contribution in [3.8, 4) is 0 Å². The Morgan fingerprint density at radius 3 is 2.38 bits per heavy atom. The first-order chi connectivity index (χ1) is 10.1. The molecule has 2 aliphatic heterocycles. The number of morpholine rings is 1. The van der Waals surface area contributed by atoms with Gasteiger partial charge in [0.05, 0.1) is 18.8 Å². The third-order valence-corrected chi connectivity index (χ3v) is 4.44. The Hall–Kier alpha value is -0.940. The first kappa shape index (κ1) is 15.0. The van der Waals surface area contributed by atoms with Crippen molar-refractivity contribution in [3.63, 3.8) is 0 Å². The van der Waals surface area contributed by atoms with E-state index in [4.69, 9.17) is 4.74 Å². The molecule has 0 aromatic heterocycles. The maximum atomic E-state index is 10.1. The molecule has 0 spiro atoms. The van der Waals surface area contributed by atoms with Gasteiger partial charge in [-0.05, 0) is 24.5 Å². The van der Waals surface area contributed by atoms with Crippen molar-refractivity contribution >= 4 is 0 Å². The van der Waals surface area contributed by atoms with Crippen LogP contribution in [0.5, 0.6) is 0 Å². The minimum absolute atomic E-state index is 0.509. The molecule has 1 N–H and O–H groups in total. The normalized spacial score (nSPS) is 28.1. The summed E-state index contributed by atoms with van der Waals surface area (Å²) in [7, 11) is 0. The lowest BCUT2D eigenvalue weighted by Crippen LogP contribution is -2.35. The Morgan fingerprint density at radius 1 is 1.10 bits per heavy atom. The van der Waals surface area contributed by atoms with Gasteiger partial charge in [0.25, 0.3) is 0 Å². The SMILES string of the molecule is CC1(O)CCN(Cc2cccc(CN3CCOCC3)c2)C1. The lowest BCUT2D eigenvalue weighted by molar-refractivity contribution is 0.0342. The van der Waals surface area contributed by atoms with Crippen molar-refractivity contribution in [3.05, 3.63) is 35.4 Å². The average molecular weight is 290 g/mol. The Morgan fingerprint density at radius 2 is 1.76 bits per heavy atom. The highest BCUT2D eigenvalue weighted by Crippen LogP contribution is 2.22. The summed E-state index contributed by atoms with van der Waals surface area (Å²) in [5, 5.41) is 10.1. The zero-order chi connectivity index (χ0) is 14.7. The van der Waals surface area contributed by atoms with Gasteiger partial charge in [-0.25, -0.2) is 0 Å². The lowest BCUT2D eigenvalue weighted by Gasteiger charge is -2.26. The predicted octanol–water partition coefficient (Wildman–Crippen LogP) is 1.48. The van der Waals surface area contributed by atoms with E-state index >= 15 is 0 Å². The molecule has 0 aliphatic carbocycles. The number of hydrogen-bond acceptors (Lipinski definition) is 4. The van der Waals surface area contributed by atoms with Crippen LogP contribution in [0.2, 0.25) is 0 Å². The van der Waals surface area contributed by atoms with Gasteiger partial charge in [0, 0.05) is 39.3 Å². The van der Waals surface area contributed by atoms with Gasteiger partial charge >= 0.3 is 0 Å². The number of ether oxygens (including phenoxy) is 1. The topological polar surface area (TPSA) is 35.9 Å². The molecular weight excluding hydrogens is 264 g/mol. The van der Waals surface area contributed by atoms with E-state index in [1.165, 1.54) is 11.1 Å². The molecule has 3 rings (SSSR count). The van der Waals surface area contributed by atoms with Crippen LogP contribution in [0.15, 0.2) is 24.3 Å². The molecule has 0 saturated carbocycles. The molecule has 0 amide bonds. The summed E-state index contributed by atoms with van der Waals surface area (Å²) in [6, 6.07) is 8.86. The third-order valence-electron chi connectivity index (χ3n) is 4.44. The van der Waals surface area contributed by atoms with E-state index in [2.05, 4.69) is 34.1 Å². The van der Waals surface area contributed by atoms with E-state index < -0.39 is 5.60 Å². The van der Waals surface area contributed by atoms with Crippen LogP contribution < -0.4 is 0 Å². The zero-order valence-corrected chi connectivity index (χ0v) is 12.9. The van der Waals surface area contributed by atoms with E-state index in [0.717, 1.165) is 58.9 Å². The minimum atomic E-state index is -0.509. The summed E-state index contributed by atoms with van der Waals surface area (Å²) in [5.74, 6) is 0. The van der Waals surface area contributed by atoms with Crippen molar-refractivity contribution in [2.75, 3.05) is 39.4 Å². The number of likely N-dealkylation sites (tertiary alicyclic amines) is 1. The lowest BCUT2D eigenvalue weighted by atomic mass is 10.1. The number of benzene rings is 1. The molecule has 2 aliphatic rings. The fraction of sp³-hybridized carbons (Fsp3) is 0.647. The Kier molecular flexibility index (Phi) is 4.60. The van der Waals surface area contributed by atoms with Gasteiger partial charge in [-0.3, -0.25) is 9.80 Å². The largest absolute Gasteiger partial charge is 0.389 e. The summed E-state index contributed by atoms with van der Waals surface area (Å²) < 4.78 is 5.40. The standard InChI is InChI=1S/C17H26N2O2/c1-17(20)5-6-19(14-17)13-16-4-2-3-15(11-16)12-18-7-9-21-10-8-18/h2-4,11,20H,5-10,12-14H2,1H3. The second-order valence-electron chi connectivity index (χ2n) is 6.67. The first-order valence-corrected chi connectivity index (χ1v) is 7.93. The quantitative estimate of drug-likeness (QED) is 0.911. The van der Waals surface area contributed by atoms with Crippen LogP contribution >= 0.6 is 0 Å². The molecule has 0 radical (unpaired) electrons. The van der Waals surface area contributed by atoms with Crippen LogP contribution in [-0.2, 0) is 17.8 Å². The number of hydrogen-bond donors (Lipinski definition) is 1. The van der Waals surface area contributed by atoms with Gasteiger partial charge in [0.2, 0.25) is 0 Å². The van der Waals surface area contributed by atoms with Crippen LogP contribution in [0, 0.1) is 0 Å². The van der Waals surface area contributed by atoms with Crippen molar-refractivity contribution in [1.82, 2.24) is 9.80 Å². The molecular formula is C17H26N2O2. The maximum absolute atomic E-state index is 10.1. The predicted molar refractivity (Wildman–Crippen MR) is 83.1 cm³/mol. The average Bonchev–Trinajstić information content (AvgIpc) is 2.79. The van der Waals surface area contributed by atoms with Gasteiger partial charge in [-0.2, -0.15) is 0 Å². The fourth-order valence-corrected chi connectivity index (χ4v) is 3.28. The molecule has 1 aromatic carbocycles. The molecule has 2 fully saturated rings. The Bertz CT molecular complexity index is 470. The van der Waals surface area contributed by atoms with Crippen LogP contribution in [0.1, 0.15) is 24.5 Å². The molecule has 4 heteroatoms. The second kappa shape index (κ2) is 6.44. The van der Waals surface area contributed by atoms with Crippen LogP contribution in [-0.4, -0.2) is 59.9 Å². The van der Waals surface area contributed by atoms with Crippen molar-refractivity contribution in [2.45, 2.75) is 32.0 Å². The van der Waals surface area contributed by atoms with E-state index in [-0.39, 0.29) is 0 Å². The van der Waals surface area contributed by atoms with E-state index in [1.54, 1.807) is 0 Å². The van der Waals surface area contributed by atoms with Gasteiger partial charge in [-0.1, -0.05) is 24.3 Å². The van der Waals surface area contributed by atoms with Crippen LogP contribution in [0.4, 0.5) is 0 Å². The Labute approximate surface area is 127 Å². The maximum Gasteiger partial charge on any atom is 0.0758 e. The summed E-state index contributed by atoms with van der Waals surface area (Å²) in [6.45, 7) is 9.40. The van der Waals surface area contributed by atoms with Crippen LogP contribution in [0.25, 0.3) is 0 Å². The highest BCUT2D eigenvalue weighted by atomic mass is 16.5. The van der Waals surface area contributed by atoms with Gasteiger partial charge in [0.1, 0.15) is 0 Å². The van der Waals surface area contributed by atoms with Gasteiger partial charge in [0.15, 0.2) is 0 Å². The molecule has 4 nitrogen and oxygen atoms in total. The molecule has 1 unspecified atom stereocenters. The van der Waals surface area contributed by atoms with Crippen molar-refractivity contribution in [1.29, 1.82) is 0 Å². The summed E-state index contributed by atoms with van der Waals surface area (Å²) in [6.07, 6.45) is 0.875. The number of β-amino-alcohol motifs (C(OH)–C–C–N with tert-alkyl or cyclic N) is 1. The monoisotopic (exact) mass is 290 g/mol. The summed E-state index contributed by atoms with van der Waals surface area (Å²) in [4.78, 5) is 4.79. The molecule has 116 valence electrons. The number of nitrogens with zero attached hydrogens (tertiary/aromatic N) is 2. The third kappa shape index (κ3) is 4.27.